The fraction of sp³-hybridized carbons (Fsp3) is 0.333. The molecule has 2 heterocycles. The van der Waals surface area contributed by atoms with Gasteiger partial charge >= 0.3 is 0 Å². The van der Waals surface area contributed by atoms with Crippen molar-refractivity contribution in [2.24, 2.45) is 7.05 Å². The molecule has 2 aromatic rings. The monoisotopic (exact) mass is 285 g/mol. The van der Waals surface area contributed by atoms with Gasteiger partial charge in [-0.25, -0.2) is 0 Å². The summed E-state index contributed by atoms with van der Waals surface area (Å²) in [6, 6.07) is 9.66. The van der Waals surface area contributed by atoms with Crippen LogP contribution in [-0.4, -0.2) is 41.9 Å². The van der Waals surface area contributed by atoms with Crippen LogP contribution in [0.15, 0.2) is 36.5 Å². The average molecular weight is 285 g/mol. The lowest BCUT2D eigenvalue weighted by atomic mass is 10.2. The summed E-state index contributed by atoms with van der Waals surface area (Å²) in [5.41, 5.74) is 2.52. The molecule has 6 nitrogen and oxygen atoms in total. The molecule has 1 fully saturated rings. The molecule has 1 saturated heterocycles. The van der Waals surface area contributed by atoms with Gasteiger partial charge in [0.25, 0.3) is 5.91 Å². The second-order valence-corrected chi connectivity index (χ2v) is 5.08. The molecule has 0 bridgehead atoms. The minimum Gasteiger partial charge on any atom is -0.369 e. The Bertz CT molecular complexity index is 613. The third-order valence-electron chi connectivity index (χ3n) is 3.66. The van der Waals surface area contributed by atoms with Crippen molar-refractivity contribution in [3.05, 3.63) is 42.2 Å². The molecule has 110 valence electrons. The van der Waals surface area contributed by atoms with Gasteiger partial charge in [0.2, 0.25) is 0 Å². The number of nitrogens with zero attached hydrogens (tertiary/aromatic N) is 3. The van der Waals surface area contributed by atoms with E-state index in [1.807, 2.05) is 24.3 Å². The Hall–Kier alpha value is -2.34. The van der Waals surface area contributed by atoms with Gasteiger partial charge in [-0.2, -0.15) is 5.10 Å². The van der Waals surface area contributed by atoms with E-state index in [-0.39, 0.29) is 5.91 Å². The molecule has 21 heavy (non-hydrogen) atoms. The topological polar surface area (TPSA) is 62.2 Å². The van der Waals surface area contributed by atoms with Gasteiger partial charge in [0, 0.05) is 50.8 Å². The van der Waals surface area contributed by atoms with Gasteiger partial charge in [0.1, 0.15) is 5.69 Å². The molecular formula is C15H19N5O. The van der Waals surface area contributed by atoms with Gasteiger partial charge in [0.15, 0.2) is 0 Å². The molecule has 0 spiro atoms. The maximum absolute atomic E-state index is 12.1. The zero-order valence-electron chi connectivity index (χ0n) is 12.0. The molecule has 0 unspecified atom stereocenters. The van der Waals surface area contributed by atoms with Crippen molar-refractivity contribution in [3.8, 4) is 0 Å². The highest BCUT2D eigenvalue weighted by molar-refractivity contribution is 6.03. The first-order valence-corrected chi connectivity index (χ1v) is 7.09. The van der Waals surface area contributed by atoms with E-state index < -0.39 is 0 Å². The van der Waals surface area contributed by atoms with Crippen LogP contribution in [0.5, 0.6) is 0 Å². The molecule has 1 aliphatic heterocycles. The SMILES string of the molecule is Cn1nccc1C(=O)Nc1ccc(N2CCNCC2)cc1. The van der Waals surface area contributed by atoms with E-state index in [1.165, 1.54) is 5.69 Å². The third kappa shape index (κ3) is 3.05. The van der Waals surface area contributed by atoms with Gasteiger partial charge in [-0.3, -0.25) is 9.48 Å². The fourth-order valence-corrected chi connectivity index (χ4v) is 2.47. The van der Waals surface area contributed by atoms with E-state index in [1.54, 1.807) is 24.0 Å². The van der Waals surface area contributed by atoms with E-state index in [2.05, 4.69) is 20.6 Å². The molecule has 0 atom stereocenters. The van der Waals surface area contributed by atoms with E-state index in [9.17, 15) is 4.79 Å². The first-order valence-electron chi connectivity index (χ1n) is 7.09. The zero-order valence-corrected chi connectivity index (χ0v) is 12.0. The number of amides is 1. The lowest BCUT2D eigenvalue weighted by molar-refractivity contribution is 0.101. The number of anilines is 2. The van der Waals surface area contributed by atoms with E-state index in [0.717, 1.165) is 31.9 Å². The number of hydrogen-bond acceptors (Lipinski definition) is 4. The van der Waals surface area contributed by atoms with Crippen molar-refractivity contribution in [3.63, 3.8) is 0 Å². The molecule has 1 amide bonds. The highest BCUT2D eigenvalue weighted by atomic mass is 16.2. The van der Waals surface area contributed by atoms with Gasteiger partial charge in [0.05, 0.1) is 0 Å². The number of benzene rings is 1. The second-order valence-electron chi connectivity index (χ2n) is 5.08. The Labute approximate surface area is 123 Å². The van der Waals surface area contributed by atoms with E-state index in [0.29, 0.717) is 5.69 Å². The van der Waals surface area contributed by atoms with Crippen LogP contribution >= 0.6 is 0 Å². The molecule has 0 radical (unpaired) electrons. The van der Waals surface area contributed by atoms with Crippen LogP contribution in [0.4, 0.5) is 11.4 Å². The molecule has 1 aliphatic rings. The highest BCUT2D eigenvalue weighted by Gasteiger charge is 2.12. The maximum Gasteiger partial charge on any atom is 0.273 e. The first kappa shape index (κ1) is 13.6. The van der Waals surface area contributed by atoms with Crippen LogP contribution in [0, 0.1) is 0 Å². The van der Waals surface area contributed by atoms with Crippen molar-refractivity contribution in [2.45, 2.75) is 0 Å². The first-order chi connectivity index (χ1) is 10.2. The van der Waals surface area contributed by atoms with E-state index in [4.69, 9.17) is 0 Å². The van der Waals surface area contributed by atoms with Gasteiger partial charge in [-0.15, -0.1) is 0 Å². The molecule has 6 heteroatoms. The van der Waals surface area contributed by atoms with Crippen molar-refractivity contribution in [1.82, 2.24) is 15.1 Å². The Morgan fingerprint density at radius 1 is 1.19 bits per heavy atom. The Balaban J connectivity index is 1.67. The largest absolute Gasteiger partial charge is 0.369 e. The predicted molar refractivity (Wildman–Crippen MR) is 82.7 cm³/mol. The van der Waals surface area contributed by atoms with Crippen LogP contribution < -0.4 is 15.5 Å². The number of rotatable bonds is 3. The standard InChI is InChI=1S/C15H19N5O/c1-19-14(6-7-17-19)15(21)18-12-2-4-13(5-3-12)20-10-8-16-9-11-20/h2-7,16H,8-11H2,1H3,(H,18,21). The van der Waals surface area contributed by atoms with Crippen molar-refractivity contribution in [2.75, 3.05) is 36.4 Å². The fourth-order valence-electron chi connectivity index (χ4n) is 2.47. The molecule has 1 aromatic heterocycles. The summed E-state index contributed by atoms with van der Waals surface area (Å²) >= 11 is 0. The molecule has 1 aromatic carbocycles. The molecular weight excluding hydrogens is 266 g/mol. The maximum atomic E-state index is 12.1. The number of aryl methyl sites for hydroxylation is 1. The average Bonchev–Trinajstić information content (AvgIpc) is 2.95. The number of nitrogens with one attached hydrogen (secondary N) is 2. The lowest BCUT2D eigenvalue weighted by Gasteiger charge is -2.29. The van der Waals surface area contributed by atoms with Crippen molar-refractivity contribution >= 4 is 17.3 Å². The summed E-state index contributed by atoms with van der Waals surface area (Å²) < 4.78 is 1.56. The van der Waals surface area contributed by atoms with Gasteiger partial charge in [-0.1, -0.05) is 0 Å². The Kier molecular flexibility index (Phi) is 3.87. The summed E-state index contributed by atoms with van der Waals surface area (Å²) in [5, 5.41) is 10.2. The van der Waals surface area contributed by atoms with Crippen molar-refractivity contribution < 1.29 is 4.79 Å². The zero-order chi connectivity index (χ0) is 14.7. The summed E-state index contributed by atoms with van der Waals surface area (Å²) in [7, 11) is 1.75. The molecule has 0 saturated carbocycles. The molecule has 0 aliphatic carbocycles. The quantitative estimate of drug-likeness (QED) is 0.886. The van der Waals surface area contributed by atoms with E-state index >= 15 is 0 Å². The Morgan fingerprint density at radius 2 is 1.90 bits per heavy atom. The Morgan fingerprint density at radius 3 is 2.52 bits per heavy atom. The lowest BCUT2D eigenvalue weighted by Crippen LogP contribution is -2.43. The number of aromatic nitrogens is 2. The molecule has 2 N–H and O–H groups in total. The summed E-state index contributed by atoms with van der Waals surface area (Å²) in [5.74, 6) is -0.148. The van der Waals surface area contributed by atoms with Gasteiger partial charge < -0.3 is 15.5 Å². The number of carbonyl (C=O) groups excluding carboxylic acids is 1. The van der Waals surface area contributed by atoms with Gasteiger partial charge in [-0.05, 0) is 30.3 Å². The third-order valence-corrected chi connectivity index (χ3v) is 3.66. The van der Waals surface area contributed by atoms with Crippen LogP contribution in [0.3, 0.4) is 0 Å². The van der Waals surface area contributed by atoms with Crippen LogP contribution in [0.1, 0.15) is 10.5 Å². The van der Waals surface area contributed by atoms with Crippen LogP contribution in [-0.2, 0) is 7.05 Å². The second kappa shape index (κ2) is 5.97. The van der Waals surface area contributed by atoms with Crippen LogP contribution in [0.25, 0.3) is 0 Å². The number of hydrogen-bond donors (Lipinski definition) is 2. The number of carbonyl (C=O) groups is 1. The smallest absolute Gasteiger partial charge is 0.273 e. The van der Waals surface area contributed by atoms with Crippen LogP contribution in [0.2, 0.25) is 0 Å². The summed E-state index contributed by atoms with van der Waals surface area (Å²) in [6.07, 6.45) is 1.61. The predicted octanol–water partition coefficient (Wildman–Crippen LogP) is 1.08. The minimum atomic E-state index is -0.148. The van der Waals surface area contributed by atoms with Crippen molar-refractivity contribution in [1.29, 1.82) is 0 Å². The number of piperazine rings is 1. The summed E-state index contributed by atoms with van der Waals surface area (Å²) in [6.45, 7) is 4.05. The normalized spacial score (nSPS) is 15.0. The minimum absolute atomic E-state index is 0.148. The molecule has 3 rings (SSSR count). The summed E-state index contributed by atoms with van der Waals surface area (Å²) in [4.78, 5) is 14.4. The highest BCUT2D eigenvalue weighted by Crippen LogP contribution is 2.18.